The minimum Gasteiger partial charge on any atom is -0.311 e. The highest BCUT2D eigenvalue weighted by Crippen LogP contribution is 2.29. The van der Waals surface area contributed by atoms with Gasteiger partial charge in [-0.1, -0.05) is 72.8 Å². The van der Waals surface area contributed by atoms with Crippen molar-refractivity contribution in [2.75, 3.05) is 6.54 Å². The molecule has 4 rings (SSSR count). The molecule has 23 heavy (non-hydrogen) atoms. The van der Waals surface area contributed by atoms with Gasteiger partial charge in [0.05, 0.1) is 0 Å². The van der Waals surface area contributed by atoms with Gasteiger partial charge >= 0.3 is 0 Å². The molecule has 1 N–H and O–H groups in total. The normalized spacial score (nSPS) is 20.9. The second-order valence-electron chi connectivity index (χ2n) is 6.83. The number of fused-ring (bicyclic) bond motifs is 1. The van der Waals surface area contributed by atoms with Crippen molar-refractivity contribution in [3.8, 4) is 0 Å². The minimum absolute atomic E-state index is 0.212. The van der Waals surface area contributed by atoms with Gasteiger partial charge in [-0.25, -0.2) is 0 Å². The molecule has 3 aromatic carbocycles. The third-order valence-electron chi connectivity index (χ3n) is 5.07. The van der Waals surface area contributed by atoms with E-state index in [0.29, 0.717) is 0 Å². The van der Waals surface area contributed by atoms with Gasteiger partial charge in [0.2, 0.25) is 0 Å². The topological polar surface area (TPSA) is 12.0 Å². The molecule has 1 heteroatoms. The third-order valence-corrected chi connectivity index (χ3v) is 5.07. The molecule has 0 saturated carbocycles. The number of benzene rings is 3. The Morgan fingerprint density at radius 3 is 2.26 bits per heavy atom. The van der Waals surface area contributed by atoms with Crippen LogP contribution in [0.4, 0.5) is 0 Å². The van der Waals surface area contributed by atoms with Gasteiger partial charge in [-0.2, -0.15) is 0 Å². The van der Waals surface area contributed by atoms with Crippen LogP contribution in [0.25, 0.3) is 10.8 Å². The monoisotopic (exact) mass is 301 g/mol. The number of hydrogen-bond donors (Lipinski definition) is 1. The summed E-state index contributed by atoms with van der Waals surface area (Å²) in [4.78, 5) is 0. The molecule has 0 spiro atoms. The highest BCUT2D eigenvalue weighted by atomic mass is 15.0. The average molecular weight is 301 g/mol. The molecule has 1 atom stereocenters. The Bertz CT molecular complexity index is 785. The van der Waals surface area contributed by atoms with Crippen LogP contribution in [0.15, 0.2) is 72.8 Å². The molecule has 1 unspecified atom stereocenters. The number of hydrogen-bond acceptors (Lipinski definition) is 1. The molecule has 0 bridgehead atoms. The highest BCUT2D eigenvalue weighted by molar-refractivity contribution is 5.83. The predicted octanol–water partition coefficient (Wildman–Crippen LogP) is 4.75. The molecule has 1 nitrogen and oxygen atoms in total. The van der Waals surface area contributed by atoms with Crippen LogP contribution in [0.2, 0.25) is 0 Å². The first-order valence-electron chi connectivity index (χ1n) is 8.60. The fraction of sp³-hybridized carbons (Fsp3) is 0.273. The van der Waals surface area contributed by atoms with Gasteiger partial charge in [-0.05, 0) is 54.1 Å². The lowest BCUT2D eigenvalue weighted by molar-refractivity contribution is 0.370. The maximum atomic E-state index is 3.82. The average Bonchev–Trinajstić information content (AvgIpc) is 3.04. The van der Waals surface area contributed by atoms with Gasteiger partial charge in [0, 0.05) is 5.54 Å². The Hall–Kier alpha value is -2.12. The van der Waals surface area contributed by atoms with Crippen LogP contribution in [0.1, 0.15) is 24.0 Å². The Balaban J connectivity index is 1.62. The van der Waals surface area contributed by atoms with E-state index in [1.807, 2.05) is 0 Å². The zero-order valence-corrected chi connectivity index (χ0v) is 13.5. The summed E-state index contributed by atoms with van der Waals surface area (Å²) in [7, 11) is 0. The van der Waals surface area contributed by atoms with Gasteiger partial charge in [0.15, 0.2) is 0 Å². The van der Waals surface area contributed by atoms with E-state index in [4.69, 9.17) is 0 Å². The van der Waals surface area contributed by atoms with E-state index in [1.165, 1.54) is 34.7 Å². The lowest BCUT2D eigenvalue weighted by Crippen LogP contribution is -2.44. The highest BCUT2D eigenvalue weighted by Gasteiger charge is 2.33. The molecule has 0 amide bonds. The van der Waals surface area contributed by atoms with Crippen LogP contribution in [0.3, 0.4) is 0 Å². The van der Waals surface area contributed by atoms with Crippen LogP contribution in [-0.2, 0) is 12.8 Å². The van der Waals surface area contributed by atoms with E-state index in [-0.39, 0.29) is 5.54 Å². The van der Waals surface area contributed by atoms with Gasteiger partial charge in [0.1, 0.15) is 0 Å². The van der Waals surface area contributed by atoms with Crippen LogP contribution >= 0.6 is 0 Å². The standard InChI is InChI=1S/C22H23N/c1-2-7-18(8-3-1)16-22(13-6-14-23-22)17-19-11-12-20-9-4-5-10-21(20)15-19/h1-5,7-12,15,23H,6,13-14,16-17H2. The van der Waals surface area contributed by atoms with Crippen molar-refractivity contribution in [2.45, 2.75) is 31.2 Å². The Labute approximate surface area is 138 Å². The summed E-state index contributed by atoms with van der Waals surface area (Å²) in [6, 6.07) is 26.5. The van der Waals surface area contributed by atoms with Crippen LogP contribution in [-0.4, -0.2) is 12.1 Å². The fourth-order valence-corrected chi connectivity index (χ4v) is 3.96. The van der Waals surface area contributed by atoms with Crippen molar-refractivity contribution in [1.29, 1.82) is 0 Å². The third kappa shape index (κ3) is 3.16. The van der Waals surface area contributed by atoms with Crippen molar-refractivity contribution >= 4 is 10.8 Å². The molecule has 116 valence electrons. The molecule has 0 radical (unpaired) electrons. The Kier molecular flexibility index (Phi) is 3.88. The molecule has 1 aliphatic heterocycles. The molecule has 1 heterocycles. The molecule has 1 aliphatic rings. The van der Waals surface area contributed by atoms with E-state index in [9.17, 15) is 0 Å². The SMILES string of the molecule is c1ccc(CC2(Cc3ccc4ccccc4c3)CCCN2)cc1. The zero-order valence-electron chi connectivity index (χ0n) is 13.5. The first kappa shape index (κ1) is 14.5. The van der Waals surface area contributed by atoms with Crippen molar-refractivity contribution in [2.24, 2.45) is 0 Å². The second kappa shape index (κ2) is 6.17. The summed E-state index contributed by atoms with van der Waals surface area (Å²) < 4.78 is 0. The molecule has 3 aromatic rings. The Morgan fingerprint density at radius 2 is 1.48 bits per heavy atom. The predicted molar refractivity (Wildman–Crippen MR) is 97.8 cm³/mol. The van der Waals surface area contributed by atoms with Gasteiger partial charge < -0.3 is 5.32 Å². The summed E-state index contributed by atoms with van der Waals surface area (Å²) in [5, 5.41) is 6.49. The largest absolute Gasteiger partial charge is 0.311 e. The molecule has 1 fully saturated rings. The van der Waals surface area contributed by atoms with E-state index in [1.54, 1.807) is 0 Å². The molecular weight excluding hydrogens is 278 g/mol. The van der Waals surface area contributed by atoms with Crippen molar-refractivity contribution in [3.05, 3.63) is 83.9 Å². The van der Waals surface area contributed by atoms with Crippen molar-refractivity contribution in [1.82, 2.24) is 5.32 Å². The first-order chi connectivity index (χ1) is 11.3. The lowest BCUT2D eigenvalue weighted by atomic mass is 9.83. The molecule has 0 aromatic heterocycles. The summed E-state index contributed by atoms with van der Waals surface area (Å²) >= 11 is 0. The number of rotatable bonds is 4. The van der Waals surface area contributed by atoms with Crippen molar-refractivity contribution in [3.63, 3.8) is 0 Å². The Morgan fingerprint density at radius 1 is 0.739 bits per heavy atom. The quantitative estimate of drug-likeness (QED) is 0.733. The first-order valence-corrected chi connectivity index (χ1v) is 8.60. The van der Waals surface area contributed by atoms with Gasteiger partial charge in [-0.15, -0.1) is 0 Å². The van der Waals surface area contributed by atoms with E-state index in [0.717, 1.165) is 19.4 Å². The fourth-order valence-electron chi connectivity index (χ4n) is 3.96. The zero-order chi connectivity index (χ0) is 15.5. The van der Waals surface area contributed by atoms with Gasteiger partial charge in [0.25, 0.3) is 0 Å². The van der Waals surface area contributed by atoms with E-state index < -0.39 is 0 Å². The molecular formula is C22H23N. The van der Waals surface area contributed by atoms with Crippen LogP contribution in [0, 0.1) is 0 Å². The van der Waals surface area contributed by atoms with E-state index in [2.05, 4.69) is 78.1 Å². The lowest BCUT2D eigenvalue weighted by Gasteiger charge is -2.30. The van der Waals surface area contributed by atoms with Crippen molar-refractivity contribution < 1.29 is 0 Å². The van der Waals surface area contributed by atoms with Gasteiger partial charge in [-0.3, -0.25) is 0 Å². The smallest absolute Gasteiger partial charge is 0.0262 e. The summed E-state index contributed by atoms with van der Waals surface area (Å²) in [5.41, 5.74) is 3.08. The summed E-state index contributed by atoms with van der Waals surface area (Å²) in [6.07, 6.45) is 4.75. The van der Waals surface area contributed by atoms with E-state index >= 15 is 0 Å². The minimum atomic E-state index is 0.212. The molecule has 1 saturated heterocycles. The maximum Gasteiger partial charge on any atom is 0.0262 e. The van der Waals surface area contributed by atoms with Crippen LogP contribution < -0.4 is 5.32 Å². The molecule has 0 aliphatic carbocycles. The summed E-state index contributed by atoms with van der Waals surface area (Å²) in [5.74, 6) is 0. The maximum absolute atomic E-state index is 3.82. The summed E-state index contributed by atoms with van der Waals surface area (Å²) in [6.45, 7) is 1.14. The second-order valence-corrected chi connectivity index (χ2v) is 6.83. The van der Waals surface area contributed by atoms with Crippen LogP contribution in [0.5, 0.6) is 0 Å². The number of nitrogens with one attached hydrogen (secondary N) is 1.